The highest BCUT2D eigenvalue weighted by molar-refractivity contribution is 5.96. The summed E-state index contributed by atoms with van der Waals surface area (Å²) in [5.41, 5.74) is 6.46. The van der Waals surface area contributed by atoms with E-state index in [9.17, 15) is 0 Å². The highest BCUT2D eigenvalue weighted by atomic mass is 16.5. The van der Waals surface area contributed by atoms with E-state index in [0.717, 1.165) is 44.8 Å². The number of hydrogen-bond donors (Lipinski definition) is 4. The highest BCUT2D eigenvalue weighted by Crippen LogP contribution is 2.26. The van der Waals surface area contributed by atoms with Crippen molar-refractivity contribution in [3.8, 4) is 22.8 Å². The monoisotopic (exact) mass is 512 g/mol. The highest BCUT2D eigenvalue weighted by Gasteiger charge is 2.12. The standard InChI is InChI=1S/C28H28N6O4/c1-35-11-13-37-25(29)19-7-9-21-23(15-19)33-27(31-21)17-3-5-18(6-4-17)28-32-22-10-8-20(16-24(22)34-28)26(30)38-14-12-36-2/h3-10,15-16,29-30H,11-14H2,1-2H3,(H,31,33)(H,32,34). The van der Waals surface area contributed by atoms with Crippen molar-refractivity contribution in [1.82, 2.24) is 19.9 Å². The Morgan fingerprint density at radius 1 is 0.632 bits per heavy atom. The maximum atomic E-state index is 8.12. The van der Waals surface area contributed by atoms with E-state index < -0.39 is 0 Å². The molecule has 0 radical (unpaired) electrons. The van der Waals surface area contributed by atoms with Crippen LogP contribution >= 0.6 is 0 Å². The Bertz CT molecular complexity index is 1470. The molecule has 194 valence electrons. The van der Waals surface area contributed by atoms with Crippen molar-refractivity contribution in [3.63, 3.8) is 0 Å². The Balaban J connectivity index is 1.32. The fourth-order valence-electron chi connectivity index (χ4n) is 3.98. The minimum atomic E-state index is 0.0952. The summed E-state index contributed by atoms with van der Waals surface area (Å²) >= 11 is 0. The molecule has 0 bridgehead atoms. The van der Waals surface area contributed by atoms with Gasteiger partial charge in [0.1, 0.15) is 24.9 Å². The summed E-state index contributed by atoms with van der Waals surface area (Å²) in [6.45, 7) is 1.51. The molecule has 0 spiro atoms. The van der Waals surface area contributed by atoms with Gasteiger partial charge in [-0.2, -0.15) is 0 Å². The molecule has 4 N–H and O–H groups in total. The topological polar surface area (TPSA) is 142 Å². The van der Waals surface area contributed by atoms with Crippen molar-refractivity contribution >= 4 is 33.9 Å². The van der Waals surface area contributed by atoms with Gasteiger partial charge in [-0.25, -0.2) is 9.97 Å². The van der Waals surface area contributed by atoms with Gasteiger partial charge in [0.25, 0.3) is 0 Å². The van der Waals surface area contributed by atoms with Crippen LogP contribution < -0.4 is 0 Å². The normalized spacial score (nSPS) is 11.2. The van der Waals surface area contributed by atoms with Crippen molar-refractivity contribution in [2.24, 2.45) is 0 Å². The van der Waals surface area contributed by atoms with Crippen LogP contribution in [0.25, 0.3) is 44.8 Å². The first kappa shape index (κ1) is 25.1. The number of hydrogen-bond acceptors (Lipinski definition) is 8. The van der Waals surface area contributed by atoms with Crippen LogP contribution in [-0.2, 0) is 18.9 Å². The Morgan fingerprint density at radius 2 is 1.05 bits per heavy atom. The second-order valence-corrected chi connectivity index (χ2v) is 8.55. The number of fused-ring (bicyclic) bond motifs is 2. The van der Waals surface area contributed by atoms with Crippen LogP contribution in [0.1, 0.15) is 11.1 Å². The van der Waals surface area contributed by atoms with Crippen molar-refractivity contribution in [2.75, 3.05) is 40.6 Å². The summed E-state index contributed by atoms with van der Waals surface area (Å²) < 4.78 is 20.8. The third-order valence-electron chi connectivity index (χ3n) is 5.99. The third kappa shape index (κ3) is 5.41. The SMILES string of the molecule is COCCOC(=N)c1ccc2nc(-c3ccc(-c4nc5ccc(C(=N)OCCOC)cc5[nH]4)cc3)[nH]c2c1. The molecule has 5 aromatic rings. The fraction of sp³-hybridized carbons (Fsp3) is 0.214. The van der Waals surface area contributed by atoms with E-state index >= 15 is 0 Å². The summed E-state index contributed by atoms with van der Waals surface area (Å²) in [5.74, 6) is 1.66. The number of ether oxygens (including phenoxy) is 4. The van der Waals surface area contributed by atoms with Gasteiger partial charge in [0.2, 0.25) is 11.8 Å². The summed E-state index contributed by atoms with van der Waals surface area (Å²) in [6.07, 6.45) is 0. The zero-order valence-electron chi connectivity index (χ0n) is 21.1. The van der Waals surface area contributed by atoms with Crippen molar-refractivity contribution < 1.29 is 18.9 Å². The second-order valence-electron chi connectivity index (χ2n) is 8.55. The van der Waals surface area contributed by atoms with Gasteiger partial charge in [0.15, 0.2) is 0 Å². The van der Waals surface area contributed by atoms with E-state index in [1.165, 1.54) is 0 Å². The van der Waals surface area contributed by atoms with E-state index in [2.05, 4.69) is 9.97 Å². The summed E-state index contributed by atoms with van der Waals surface area (Å²) in [6, 6.07) is 19.1. The molecule has 10 heteroatoms. The van der Waals surface area contributed by atoms with Crippen LogP contribution in [0, 0.1) is 10.8 Å². The molecule has 10 nitrogen and oxygen atoms in total. The number of nitrogens with zero attached hydrogens (tertiary/aromatic N) is 2. The molecule has 0 aliphatic rings. The van der Waals surface area contributed by atoms with Gasteiger partial charge in [-0.15, -0.1) is 0 Å². The van der Waals surface area contributed by atoms with Gasteiger partial charge in [-0.05, 0) is 36.4 Å². The lowest BCUT2D eigenvalue weighted by atomic mass is 10.1. The van der Waals surface area contributed by atoms with Gasteiger partial charge in [0.05, 0.1) is 35.3 Å². The smallest absolute Gasteiger partial charge is 0.213 e. The Kier molecular flexibility index (Phi) is 7.43. The lowest BCUT2D eigenvalue weighted by Gasteiger charge is -2.06. The Labute approximate surface area is 219 Å². The van der Waals surface area contributed by atoms with Crippen LogP contribution in [-0.4, -0.2) is 72.4 Å². The molecule has 0 saturated carbocycles. The molecule has 0 aliphatic heterocycles. The molecule has 0 fully saturated rings. The molecule has 5 rings (SSSR count). The molecule has 3 aromatic carbocycles. The van der Waals surface area contributed by atoms with Gasteiger partial charge >= 0.3 is 0 Å². The van der Waals surface area contributed by atoms with E-state index in [-0.39, 0.29) is 11.8 Å². The summed E-state index contributed by atoms with van der Waals surface area (Å²) in [4.78, 5) is 16.1. The molecule has 0 atom stereocenters. The zero-order chi connectivity index (χ0) is 26.5. The summed E-state index contributed by atoms with van der Waals surface area (Å²) in [7, 11) is 3.19. The summed E-state index contributed by atoms with van der Waals surface area (Å²) in [5, 5.41) is 16.2. The van der Waals surface area contributed by atoms with Gasteiger partial charge < -0.3 is 28.9 Å². The molecule has 2 heterocycles. The number of aromatic amines is 2. The first-order valence-electron chi connectivity index (χ1n) is 12.1. The number of methoxy groups -OCH3 is 2. The Hall–Kier alpha value is -4.54. The molecular formula is C28H28N6O4. The number of aromatic nitrogens is 4. The maximum absolute atomic E-state index is 8.12. The van der Waals surface area contributed by atoms with Crippen LogP contribution in [0.4, 0.5) is 0 Å². The van der Waals surface area contributed by atoms with E-state index in [0.29, 0.717) is 37.6 Å². The zero-order valence-corrected chi connectivity index (χ0v) is 21.1. The second kappa shape index (κ2) is 11.2. The van der Waals surface area contributed by atoms with Crippen molar-refractivity contribution in [3.05, 3.63) is 71.8 Å². The number of H-pyrrole nitrogens is 2. The predicted molar refractivity (Wildman–Crippen MR) is 146 cm³/mol. The minimum absolute atomic E-state index is 0.0952. The molecule has 2 aromatic heterocycles. The van der Waals surface area contributed by atoms with Crippen LogP contribution in [0.2, 0.25) is 0 Å². The first-order chi connectivity index (χ1) is 18.6. The van der Waals surface area contributed by atoms with Crippen molar-refractivity contribution in [2.45, 2.75) is 0 Å². The van der Waals surface area contributed by atoms with Crippen molar-refractivity contribution in [1.29, 1.82) is 10.8 Å². The molecule has 0 amide bonds. The minimum Gasteiger partial charge on any atom is -0.475 e. The lowest BCUT2D eigenvalue weighted by Crippen LogP contribution is -2.09. The fourth-order valence-corrected chi connectivity index (χ4v) is 3.98. The quantitative estimate of drug-likeness (QED) is 0.121. The van der Waals surface area contributed by atoms with Gasteiger partial charge in [-0.3, -0.25) is 10.8 Å². The maximum Gasteiger partial charge on any atom is 0.213 e. The lowest BCUT2D eigenvalue weighted by molar-refractivity contribution is 0.141. The number of nitrogens with one attached hydrogen (secondary N) is 4. The first-order valence-corrected chi connectivity index (χ1v) is 12.1. The van der Waals surface area contributed by atoms with E-state index in [1.807, 2.05) is 60.7 Å². The number of imidazole rings is 2. The average Bonchev–Trinajstić information content (AvgIpc) is 3.57. The Morgan fingerprint density at radius 3 is 1.45 bits per heavy atom. The molecule has 38 heavy (non-hydrogen) atoms. The molecular weight excluding hydrogens is 484 g/mol. The third-order valence-corrected chi connectivity index (χ3v) is 5.99. The average molecular weight is 513 g/mol. The number of rotatable bonds is 10. The van der Waals surface area contributed by atoms with Gasteiger partial charge in [-0.1, -0.05) is 24.3 Å². The molecule has 0 aliphatic carbocycles. The van der Waals surface area contributed by atoms with Crippen LogP contribution in [0.3, 0.4) is 0 Å². The van der Waals surface area contributed by atoms with Gasteiger partial charge in [0, 0.05) is 36.5 Å². The van der Waals surface area contributed by atoms with Crippen LogP contribution in [0.15, 0.2) is 60.7 Å². The predicted octanol–water partition coefficient (Wildman–Crippen LogP) is 4.75. The van der Waals surface area contributed by atoms with Crippen LogP contribution in [0.5, 0.6) is 0 Å². The van der Waals surface area contributed by atoms with E-state index in [4.69, 9.17) is 39.7 Å². The largest absolute Gasteiger partial charge is 0.475 e. The molecule has 0 saturated heterocycles. The molecule has 0 unspecified atom stereocenters. The van der Waals surface area contributed by atoms with E-state index in [1.54, 1.807) is 14.2 Å². The number of benzene rings is 3.